The summed E-state index contributed by atoms with van der Waals surface area (Å²) in [6.07, 6.45) is 1.43. The molecule has 6 nitrogen and oxygen atoms in total. The number of piperidine rings is 1. The Morgan fingerprint density at radius 3 is 2.09 bits per heavy atom. The Balaban J connectivity index is 2.25. The zero-order valence-corrected chi connectivity index (χ0v) is 13.1. The number of methoxy groups -OCH3 is 3. The molecule has 0 saturated carbocycles. The van der Waals surface area contributed by atoms with E-state index in [0.29, 0.717) is 48.7 Å². The molecule has 1 aromatic rings. The average Bonchev–Trinajstić information content (AvgIpc) is 2.59. The van der Waals surface area contributed by atoms with Crippen molar-refractivity contribution in [2.45, 2.75) is 12.8 Å². The fourth-order valence-electron chi connectivity index (χ4n) is 2.60. The molecule has 0 atom stereocenters. The summed E-state index contributed by atoms with van der Waals surface area (Å²) in [6, 6.07) is 5.57. The van der Waals surface area contributed by atoms with E-state index >= 15 is 0 Å². The minimum absolute atomic E-state index is 0.0454. The lowest BCUT2D eigenvalue weighted by Gasteiger charge is -2.29. The second-order valence-electron chi connectivity index (χ2n) is 5.11. The number of hydrogen-bond acceptors (Lipinski definition) is 5. The largest absolute Gasteiger partial charge is 0.493 e. The maximum Gasteiger partial charge on any atom is 0.254 e. The average molecular weight is 304 g/mol. The van der Waals surface area contributed by atoms with Crippen LogP contribution in [0.1, 0.15) is 23.2 Å². The molecule has 22 heavy (non-hydrogen) atoms. The molecule has 0 spiro atoms. The first-order valence-corrected chi connectivity index (χ1v) is 7.13. The monoisotopic (exact) mass is 304 g/mol. The van der Waals surface area contributed by atoms with Crippen molar-refractivity contribution in [3.63, 3.8) is 0 Å². The highest BCUT2D eigenvalue weighted by atomic mass is 16.5. The number of rotatable bonds is 4. The number of ether oxygens (including phenoxy) is 3. The van der Waals surface area contributed by atoms with Crippen LogP contribution < -0.4 is 14.2 Å². The van der Waals surface area contributed by atoms with Crippen molar-refractivity contribution in [1.29, 1.82) is 5.26 Å². The highest BCUT2D eigenvalue weighted by molar-refractivity contribution is 5.95. The van der Waals surface area contributed by atoms with Crippen molar-refractivity contribution in [3.8, 4) is 23.3 Å². The Bertz CT molecular complexity index is 561. The second kappa shape index (κ2) is 7.03. The van der Waals surface area contributed by atoms with Crippen LogP contribution in [0.5, 0.6) is 17.2 Å². The van der Waals surface area contributed by atoms with Crippen molar-refractivity contribution in [2.24, 2.45) is 5.92 Å². The molecule has 1 fully saturated rings. The van der Waals surface area contributed by atoms with Gasteiger partial charge in [-0.1, -0.05) is 0 Å². The van der Waals surface area contributed by atoms with Crippen LogP contribution in [-0.2, 0) is 0 Å². The lowest BCUT2D eigenvalue weighted by Crippen LogP contribution is -2.38. The number of amides is 1. The maximum atomic E-state index is 12.6. The molecule has 0 aromatic heterocycles. The molecule has 0 radical (unpaired) electrons. The minimum Gasteiger partial charge on any atom is -0.493 e. The third kappa shape index (κ3) is 3.08. The maximum absolute atomic E-state index is 12.6. The summed E-state index contributed by atoms with van der Waals surface area (Å²) < 4.78 is 15.8. The summed E-state index contributed by atoms with van der Waals surface area (Å²) in [5.74, 6) is 1.33. The van der Waals surface area contributed by atoms with E-state index in [-0.39, 0.29) is 11.8 Å². The van der Waals surface area contributed by atoms with Crippen LogP contribution in [0.3, 0.4) is 0 Å². The Morgan fingerprint density at radius 1 is 1.14 bits per heavy atom. The number of carbonyl (C=O) groups excluding carboxylic acids is 1. The van der Waals surface area contributed by atoms with Gasteiger partial charge in [0.05, 0.1) is 27.4 Å². The van der Waals surface area contributed by atoms with E-state index in [4.69, 9.17) is 19.5 Å². The molecule has 118 valence electrons. The summed E-state index contributed by atoms with van der Waals surface area (Å²) in [4.78, 5) is 14.4. The SMILES string of the molecule is COc1cc(C(=O)N2CCC(C#N)CC2)cc(OC)c1OC. The van der Waals surface area contributed by atoms with E-state index in [9.17, 15) is 4.79 Å². The number of carbonyl (C=O) groups is 1. The van der Waals surface area contributed by atoms with Gasteiger partial charge in [0, 0.05) is 24.6 Å². The number of nitrogens with zero attached hydrogens (tertiary/aromatic N) is 2. The quantitative estimate of drug-likeness (QED) is 0.851. The Hall–Kier alpha value is -2.42. The standard InChI is InChI=1S/C16H20N2O4/c1-20-13-8-12(9-14(21-2)15(13)22-3)16(19)18-6-4-11(10-17)5-7-18/h8-9,11H,4-7H2,1-3H3. The van der Waals surface area contributed by atoms with Crippen LogP contribution in [-0.4, -0.2) is 45.2 Å². The zero-order valence-electron chi connectivity index (χ0n) is 13.1. The van der Waals surface area contributed by atoms with Gasteiger partial charge in [0.2, 0.25) is 5.75 Å². The van der Waals surface area contributed by atoms with Gasteiger partial charge in [0.25, 0.3) is 5.91 Å². The Kier molecular flexibility index (Phi) is 5.10. The van der Waals surface area contributed by atoms with E-state index < -0.39 is 0 Å². The molecule has 0 unspecified atom stereocenters. The smallest absolute Gasteiger partial charge is 0.254 e. The van der Waals surface area contributed by atoms with Crippen molar-refractivity contribution >= 4 is 5.91 Å². The lowest BCUT2D eigenvalue weighted by atomic mass is 9.98. The van der Waals surface area contributed by atoms with E-state index in [1.807, 2.05) is 0 Å². The summed E-state index contributed by atoms with van der Waals surface area (Å²) in [5, 5.41) is 8.93. The summed E-state index contributed by atoms with van der Waals surface area (Å²) in [6.45, 7) is 1.18. The second-order valence-corrected chi connectivity index (χ2v) is 5.11. The first-order chi connectivity index (χ1) is 10.6. The third-order valence-corrected chi connectivity index (χ3v) is 3.88. The van der Waals surface area contributed by atoms with E-state index in [0.717, 1.165) is 0 Å². The molecule has 2 rings (SSSR count). The van der Waals surface area contributed by atoms with Gasteiger partial charge >= 0.3 is 0 Å². The fraction of sp³-hybridized carbons (Fsp3) is 0.500. The molecule has 6 heteroatoms. The molecule has 0 bridgehead atoms. The van der Waals surface area contributed by atoms with Crippen LogP contribution in [0.2, 0.25) is 0 Å². The third-order valence-electron chi connectivity index (χ3n) is 3.88. The molecule has 1 aliphatic heterocycles. The van der Waals surface area contributed by atoms with Gasteiger partial charge < -0.3 is 19.1 Å². The molecule has 1 amide bonds. The Labute approximate surface area is 130 Å². The first-order valence-electron chi connectivity index (χ1n) is 7.13. The molecule has 1 aromatic carbocycles. The van der Waals surface area contributed by atoms with Gasteiger partial charge in [-0.05, 0) is 25.0 Å². The molecule has 1 saturated heterocycles. The summed E-state index contributed by atoms with van der Waals surface area (Å²) in [7, 11) is 4.56. The summed E-state index contributed by atoms with van der Waals surface area (Å²) in [5.41, 5.74) is 0.491. The zero-order chi connectivity index (χ0) is 16.1. The predicted molar refractivity (Wildman–Crippen MR) is 80.3 cm³/mol. The predicted octanol–water partition coefficient (Wildman–Crippen LogP) is 2.09. The number of hydrogen-bond donors (Lipinski definition) is 0. The lowest BCUT2D eigenvalue weighted by molar-refractivity contribution is 0.0706. The fourth-order valence-corrected chi connectivity index (χ4v) is 2.60. The van der Waals surface area contributed by atoms with E-state index in [1.165, 1.54) is 21.3 Å². The molecular formula is C16H20N2O4. The highest BCUT2D eigenvalue weighted by Gasteiger charge is 2.25. The van der Waals surface area contributed by atoms with Crippen LogP contribution in [0.15, 0.2) is 12.1 Å². The van der Waals surface area contributed by atoms with Gasteiger partial charge in [0.1, 0.15) is 0 Å². The molecule has 0 N–H and O–H groups in total. The first kappa shape index (κ1) is 16.0. The number of benzene rings is 1. The summed E-state index contributed by atoms with van der Waals surface area (Å²) >= 11 is 0. The van der Waals surface area contributed by atoms with Gasteiger partial charge in [0.15, 0.2) is 11.5 Å². The van der Waals surface area contributed by atoms with Crippen molar-refractivity contribution < 1.29 is 19.0 Å². The molecular weight excluding hydrogens is 284 g/mol. The van der Waals surface area contributed by atoms with Crippen molar-refractivity contribution in [1.82, 2.24) is 4.90 Å². The normalized spacial score (nSPS) is 15.1. The topological polar surface area (TPSA) is 71.8 Å². The van der Waals surface area contributed by atoms with Gasteiger partial charge in [-0.25, -0.2) is 0 Å². The minimum atomic E-state index is -0.0874. The molecule has 0 aliphatic carbocycles. The van der Waals surface area contributed by atoms with Crippen LogP contribution in [0.25, 0.3) is 0 Å². The Morgan fingerprint density at radius 2 is 1.68 bits per heavy atom. The van der Waals surface area contributed by atoms with Gasteiger partial charge in [-0.2, -0.15) is 5.26 Å². The van der Waals surface area contributed by atoms with Crippen molar-refractivity contribution in [2.75, 3.05) is 34.4 Å². The number of nitriles is 1. The molecule has 1 aliphatic rings. The van der Waals surface area contributed by atoms with E-state index in [1.54, 1.807) is 17.0 Å². The van der Waals surface area contributed by atoms with E-state index in [2.05, 4.69) is 6.07 Å². The molecule has 1 heterocycles. The number of likely N-dealkylation sites (tertiary alicyclic amines) is 1. The van der Waals surface area contributed by atoms with Crippen LogP contribution in [0, 0.1) is 17.2 Å². The van der Waals surface area contributed by atoms with Crippen molar-refractivity contribution in [3.05, 3.63) is 17.7 Å². The van der Waals surface area contributed by atoms with Crippen LogP contribution in [0.4, 0.5) is 0 Å². The van der Waals surface area contributed by atoms with Gasteiger partial charge in [-0.3, -0.25) is 4.79 Å². The highest BCUT2D eigenvalue weighted by Crippen LogP contribution is 2.38. The van der Waals surface area contributed by atoms with Gasteiger partial charge in [-0.15, -0.1) is 0 Å². The van der Waals surface area contributed by atoms with Crippen LogP contribution >= 0.6 is 0 Å².